The summed E-state index contributed by atoms with van der Waals surface area (Å²) in [5.41, 5.74) is 0. The monoisotopic (exact) mass is 325 g/mol. The van der Waals surface area contributed by atoms with Crippen molar-refractivity contribution in [2.24, 2.45) is 5.92 Å². The Labute approximate surface area is 139 Å². The van der Waals surface area contributed by atoms with Crippen LogP contribution in [0.25, 0.3) is 0 Å². The summed E-state index contributed by atoms with van der Waals surface area (Å²) in [7, 11) is 0. The second-order valence-corrected chi connectivity index (χ2v) is 7.25. The van der Waals surface area contributed by atoms with E-state index in [4.69, 9.17) is 4.74 Å². The van der Waals surface area contributed by atoms with Crippen LogP contribution in [0.2, 0.25) is 0 Å². The van der Waals surface area contributed by atoms with Crippen molar-refractivity contribution >= 4 is 11.8 Å². The van der Waals surface area contributed by atoms with Gasteiger partial charge in [0.2, 0.25) is 11.8 Å². The predicted molar refractivity (Wildman–Crippen MR) is 89.0 cm³/mol. The normalized spacial score (nSPS) is 31.3. The van der Waals surface area contributed by atoms with Gasteiger partial charge in [0, 0.05) is 19.6 Å². The molecule has 0 aliphatic carbocycles. The molecule has 0 radical (unpaired) electrons. The molecule has 2 amide bonds. The van der Waals surface area contributed by atoms with Crippen LogP contribution in [-0.2, 0) is 14.3 Å². The van der Waals surface area contributed by atoms with Gasteiger partial charge in [0.05, 0.1) is 18.2 Å². The molecule has 2 heterocycles. The number of carbonyl (C=O) groups is 2. The van der Waals surface area contributed by atoms with Gasteiger partial charge in [0.25, 0.3) is 0 Å². The van der Waals surface area contributed by atoms with Crippen molar-refractivity contribution < 1.29 is 14.3 Å². The van der Waals surface area contributed by atoms with E-state index in [2.05, 4.69) is 29.4 Å². The fraction of sp³-hybridized carbons (Fsp3) is 0.882. The van der Waals surface area contributed by atoms with Gasteiger partial charge in [-0.1, -0.05) is 13.8 Å². The molecule has 0 aromatic heterocycles. The van der Waals surface area contributed by atoms with E-state index >= 15 is 0 Å². The Morgan fingerprint density at radius 1 is 1.26 bits per heavy atom. The van der Waals surface area contributed by atoms with Gasteiger partial charge in [-0.05, 0) is 39.0 Å². The number of carbonyl (C=O) groups excluding carboxylic acids is 2. The molecule has 6 nitrogen and oxygen atoms in total. The van der Waals surface area contributed by atoms with Gasteiger partial charge in [-0.3, -0.25) is 14.5 Å². The molecule has 2 fully saturated rings. The lowest BCUT2D eigenvalue weighted by Crippen LogP contribution is -2.59. The number of rotatable bonds is 4. The van der Waals surface area contributed by atoms with Crippen LogP contribution in [0, 0.1) is 5.92 Å². The maximum atomic E-state index is 12.8. The van der Waals surface area contributed by atoms with E-state index in [1.54, 1.807) is 0 Å². The first-order valence-corrected chi connectivity index (χ1v) is 8.86. The number of nitrogens with zero attached hydrogens (tertiary/aromatic N) is 1. The number of hydrogen-bond acceptors (Lipinski definition) is 4. The highest BCUT2D eigenvalue weighted by molar-refractivity contribution is 5.90. The van der Waals surface area contributed by atoms with Crippen LogP contribution in [0.1, 0.15) is 47.0 Å². The average molecular weight is 325 g/mol. The molecule has 0 bridgehead atoms. The highest BCUT2D eigenvalue weighted by Gasteiger charge is 2.35. The summed E-state index contributed by atoms with van der Waals surface area (Å²) in [4.78, 5) is 27.1. The van der Waals surface area contributed by atoms with E-state index in [1.807, 2.05) is 13.8 Å². The minimum absolute atomic E-state index is 0.0386. The zero-order chi connectivity index (χ0) is 17.0. The van der Waals surface area contributed by atoms with Crippen LogP contribution in [0.4, 0.5) is 0 Å². The van der Waals surface area contributed by atoms with Crippen molar-refractivity contribution in [3.63, 3.8) is 0 Å². The standard InChI is InChI=1S/C17H31N3O3/c1-11(2)15(20-9-12(3)23-13(4)10-20)17(22)19-14-7-5-6-8-18-16(14)21/h11-15H,5-10H2,1-4H3,(H,18,21)(H,19,22)/t12-,13-,14+,15+/m1/s1. The lowest BCUT2D eigenvalue weighted by molar-refractivity contribution is -0.138. The third-order valence-corrected chi connectivity index (χ3v) is 4.59. The SMILES string of the molecule is CC(C)[C@@H](C(=O)N[C@H]1CCCCNC1=O)N1C[C@@H](C)O[C@H](C)C1. The highest BCUT2D eigenvalue weighted by atomic mass is 16.5. The van der Waals surface area contributed by atoms with Gasteiger partial charge in [0.15, 0.2) is 0 Å². The van der Waals surface area contributed by atoms with Gasteiger partial charge < -0.3 is 15.4 Å². The molecule has 2 saturated heterocycles. The van der Waals surface area contributed by atoms with Gasteiger partial charge in [-0.15, -0.1) is 0 Å². The summed E-state index contributed by atoms with van der Waals surface area (Å²) in [5.74, 6) is 0.0896. The molecule has 0 aromatic rings. The molecule has 2 aliphatic heterocycles. The number of hydrogen-bond donors (Lipinski definition) is 2. The molecule has 0 unspecified atom stereocenters. The fourth-order valence-corrected chi connectivity index (χ4v) is 3.67. The topological polar surface area (TPSA) is 70.7 Å². The summed E-state index contributed by atoms with van der Waals surface area (Å²) in [6.45, 7) is 10.4. The van der Waals surface area contributed by atoms with E-state index < -0.39 is 6.04 Å². The molecular weight excluding hydrogens is 294 g/mol. The first-order chi connectivity index (χ1) is 10.9. The van der Waals surface area contributed by atoms with Crippen LogP contribution in [0.15, 0.2) is 0 Å². The molecule has 23 heavy (non-hydrogen) atoms. The Morgan fingerprint density at radius 3 is 2.52 bits per heavy atom. The zero-order valence-corrected chi connectivity index (χ0v) is 14.8. The summed E-state index contributed by atoms with van der Waals surface area (Å²) in [6, 6.07) is -0.623. The highest BCUT2D eigenvalue weighted by Crippen LogP contribution is 2.19. The summed E-state index contributed by atoms with van der Waals surface area (Å²) in [6.07, 6.45) is 2.90. The first-order valence-electron chi connectivity index (χ1n) is 8.86. The van der Waals surface area contributed by atoms with E-state index in [0.29, 0.717) is 6.54 Å². The number of amides is 2. The van der Waals surface area contributed by atoms with Crippen LogP contribution in [0.3, 0.4) is 0 Å². The van der Waals surface area contributed by atoms with Gasteiger partial charge >= 0.3 is 0 Å². The molecule has 6 heteroatoms. The minimum Gasteiger partial charge on any atom is -0.373 e. The maximum absolute atomic E-state index is 12.8. The van der Waals surface area contributed by atoms with Gasteiger partial charge in [0.1, 0.15) is 6.04 Å². The van der Waals surface area contributed by atoms with Crippen LogP contribution in [-0.4, -0.2) is 60.6 Å². The molecule has 2 N–H and O–H groups in total. The zero-order valence-electron chi connectivity index (χ0n) is 14.8. The number of morpholine rings is 1. The Morgan fingerprint density at radius 2 is 1.91 bits per heavy atom. The predicted octanol–water partition coefficient (Wildman–Crippen LogP) is 0.905. The Hall–Kier alpha value is -1.14. The third-order valence-electron chi connectivity index (χ3n) is 4.59. The van der Waals surface area contributed by atoms with E-state index in [9.17, 15) is 9.59 Å². The summed E-state index contributed by atoms with van der Waals surface area (Å²) in [5, 5.41) is 5.86. The maximum Gasteiger partial charge on any atom is 0.242 e. The second kappa shape index (κ2) is 8.11. The van der Waals surface area contributed by atoms with Crippen molar-refractivity contribution in [2.75, 3.05) is 19.6 Å². The van der Waals surface area contributed by atoms with Crippen LogP contribution in [0.5, 0.6) is 0 Å². The molecule has 2 rings (SSSR count). The lowest BCUT2D eigenvalue weighted by atomic mass is 9.98. The van der Waals surface area contributed by atoms with Crippen molar-refractivity contribution in [3.05, 3.63) is 0 Å². The van der Waals surface area contributed by atoms with Gasteiger partial charge in [-0.2, -0.15) is 0 Å². The van der Waals surface area contributed by atoms with Crippen LogP contribution < -0.4 is 10.6 Å². The number of ether oxygens (including phenoxy) is 1. The quantitative estimate of drug-likeness (QED) is 0.806. The Bertz CT molecular complexity index is 417. The smallest absolute Gasteiger partial charge is 0.242 e. The van der Waals surface area contributed by atoms with Crippen molar-refractivity contribution in [3.8, 4) is 0 Å². The van der Waals surface area contributed by atoms with E-state index in [-0.39, 0.29) is 36.0 Å². The second-order valence-electron chi connectivity index (χ2n) is 7.25. The fourth-order valence-electron chi connectivity index (χ4n) is 3.67. The van der Waals surface area contributed by atoms with Crippen molar-refractivity contribution in [1.82, 2.24) is 15.5 Å². The summed E-state index contributed by atoms with van der Waals surface area (Å²) >= 11 is 0. The molecule has 132 valence electrons. The van der Waals surface area contributed by atoms with Crippen LogP contribution >= 0.6 is 0 Å². The average Bonchev–Trinajstić information content (AvgIpc) is 2.62. The first kappa shape index (κ1) is 18.2. The number of nitrogens with one attached hydrogen (secondary N) is 2. The largest absolute Gasteiger partial charge is 0.373 e. The molecule has 0 saturated carbocycles. The Kier molecular flexibility index (Phi) is 6.41. The van der Waals surface area contributed by atoms with Gasteiger partial charge in [-0.25, -0.2) is 0 Å². The molecular formula is C17H31N3O3. The molecule has 4 atom stereocenters. The molecule has 0 spiro atoms. The molecule has 0 aromatic carbocycles. The van der Waals surface area contributed by atoms with E-state index in [0.717, 1.165) is 32.4 Å². The Balaban J connectivity index is 2.04. The van der Waals surface area contributed by atoms with Crippen molar-refractivity contribution in [1.29, 1.82) is 0 Å². The lowest BCUT2D eigenvalue weighted by Gasteiger charge is -2.41. The molecule has 2 aliphatic rings. The van der Waals surface area contributed by atoms with E-state index in [1.165, 1.54) is 0 Å². The third kappa shape index (κ3) is 4.91. The van der Waals surface area contributed by atoms with Crippen molar-refractivity contribution in [2.45, 2.75) is 71.2 Å². The minimum atomic E-state index is -0.401. The summed E-state index contributed by atoms with van der Waals surface area (Å²) < 4.78 is 5.77.